The second-order valence-electron chi connectivity index (χ2n) is 21.2. The van der Waals surface area contributed by atoms with Gasteiger partial charge < -0.3 is 170 Å². The van der Waals surface area contributed by atoms with Crippen LogP contribution in [0.4, 0.5) is 0 Å². The predicted octanol–water partition coefficient (Wildman–Crippen LogP) is -15.3. The number of rotatable bonds is 24. The molecule has 496 valence electrons. The topological polar surface area (TPSA) is 619 Å². The fourth-order valence-electron chi connectivity index (χ4n) is 10.8. The highest BCUT2D eigenvalue weighted by molar-refractivity contribution is 5.78. The molecule has 6 rings (SSSR count). The van der Waals surface area contributed by atoms with Crippen molar-refractivity contribution in [1.29, 1.82) is 0 Å². The number of amides is 4. The summed E-state index contributed by atoms with van der Waals surface area (Å²) in [6, 6.07) is -7.57. The third kappa shape index (κ3) is 15.7. The van der Waals surface area contributed by atoms with Crippen LogP contribution in [0.2, 0.25) is 0 Å². The van der Waals surface area contributed by atoms with Crippen molar-refractivity contribution in [2.75, 3.05) is 46.2 Å². The largest absolute Gasteiger partial charge is 0.477 e. The van der Waals surface area contributed by atoms with E-state index in [1.54, 1.807) is 0 Å². The van der Waals surface area contributed by atoms with Crippen molar-refractivity contribution in [3.05, 3.63) is 0 Å². The Balaban J connectivity index is 1.39. The highest BCUT2D eigenvalue weighted by Crippen LogP contribution is 2.41. The van der Waals surface area contributed by atoms with Gasteiger partial charge in [0.15, 0.2) is 31.5 Å². The van der Waals surface area contributed by atoms with Crippen molar-refractivity contribution in [3.63, 3.8) is 0 Å². The van der Waals surface area contributed by atoms with E-state index in [0.717, 1.165) is 20.8 Å². The Morgan fingerprint density at radius 2 is 0.930 bits per heavy atom. The molecule has 39 heteroatoms. The van der Waals surface area contributed by atoms with Crippen LogP contribution in [0.15, 0.2) is 0 Å². The summed E-state index contributed by atoms with van der Waals surface area (Å²) >= 11 is 0. The first-order chi connectivity index (χ1) is 40.5. The van der Waals surface area contributed by atoms with Crippen LogP contribution in [0.25, 0.3) is 0 Å². The van der Waals surface area contributed by atoms with Crippen LogP contribution in [0.5, 0.6) is 0 Å². The minimum absolute atomic E-state index is 0.770. The van der Waals surface area contributed by atoms with Crippen molar-refractivity contribution < 1.29 is 173 Å². The lowest BCUT2D eigenvalue weighted by atomic mass is 9.87. The monoisotopic (exact) mass is 1260 g/mol. The van der Waals surface area contributed by atoms with Crippen molar-refractivity contribution in [2.45, 2.75) is 217 Å². The van der Waals surface area contributed by atoms with Crippen LogP contribution < -0.4 is 21.3 Å². The zero-order valence-corrected chi connectivity index (χ0v) is 46.0. The lowest BCUT2D eigenvalue weighted by Crippen LogP contribution is -2.74. The number of aliphatic hydroxyl groups excluding tert-OH is 18. The number of carbonyl (C=O) groups excluding carboxylic acids is 4. The number of hydrogen-bond acceptors (Lipinski definition) is 34. The van der Waals surface area contributed by atoms with Gasteiger partial charge in [0.1, 0.15) is 147 Å². The van der Waals surface area contributed by atoms with E-state index in [1.807, 2.05) is 0 Å². The maximum Gasteiger partial charge on any atom is 0.364 e. The van der Waals surface area contributed by atoms with E-state index in [0.29, 0.717) is 0 Å². The summed E-state index contributed by atoms with van der Waals surface area (Å²) in [5.41, 5.74) is 0. The number of nitrogens with one attached hydrogen (secondary N) is 4. The molecule has 0 aliphatic carbocycles. The Kier molecular flexibility index (Phi) is 25.5. The van der Waals surface area contributed by atoms with Gasteiger partial charge in [-0.1, -0.05) is 0 Å². The molecule has 0 aromatic carbocycles. The summed E-state index contributed by atoms with van der Waals surface area (Å²) in [5.74, 6) is -9.65. The van der Waals surface area contributed by atoms with Gasteiger partial charge in [0, 0.05) is 27.2 Å². The Morgan fingerprint density at radius 3 is 1.49 bits per heavy atom. The second-order valence-corrected chi connectivity index (χ2v) is 21.2. The molecule has 6 saturated heterocycles. The highest BCUT2D eigenvalue weighted by atomic mass is 16.8. The highest BCUT2D eigenvalue weighted by Gasteiger charge is 2.63. The standard InChI is InChI=1S/C47H78N4O35/c1-12(59)48-24-31(69)28(66)17(6-53)77-42(24)82-36-21(10-57)79-43(26(50-14(3)61)39(36)86-47(46(74)75)4-15(62)23(51-22(64)11-58)38(85-47)27(65)16(63)5-52)84-40-30(68)19(8-55)78-45(34(40)72)81-35-20(9-56)80-44(33(71)32(35)70)83-37-25(49-13(2)60)41(73)76-18(7-54)29(37)67/h15-21,23-45,52-58,62-63,65-73H,4-11H2,1-3H3,(H,48,59)(H,49,60)(H,50,61)(H,51,64)(H,74,75)/t15-,16+,17+,18+,19+,20+,21+,23+,24+,25+,26+,27+,28-,29-,30-,31+,32+,33+,34+,35-,36-,37+,38+,39+,40-,41-,42-,43-,44-,45-,47-/m0/s1. The Labute approximate surface area is 486 Å². The lowest BCUT2D eigenvalue weighted by molar-refractivity contribution is -0.395. The average molecular weight is 1260 g/mol. The number of ether oxygens (including phenoxy) is 11. The van der Waals surface area contributed by atoms with E-state index in [-0.39, 0.29) is 0 Å². The van der Waals surface area contributed by atoms with Gasteiger partial charge in [-0.05, 0) is 0 Å². The number of aliphatic hydroxyl groups is 18. The quantitative estimate of drug-likeness (QED) is 0.0427. The summed E-state index contributed by atoms with van der Waals surface area (Å²) in [6.07, 6.45) is -55.9. The van der Waals surface area contributed by atoms with Gasteiger partial charge in [-0.25, -0.2) is 4.79 Å². The minimum Gasteiger partial charge on any atom is -0.477 e. The molecule has 0 bridgehead atoms. The van der Waals surface area contributed by atoms with Gasteiger partial charge in [-0.2, -0.15) is 0 Å². The van der Waals surface area contributed by atoms with Crippen LogP contribution >= 0.6 is 0 Å². The predicted molar refractivity (Wildman–Crippen MR) is 264 cm³/mol. The van der Waals surface area contributed by atoms with E-state index in [2.05, 4.69) is 21.3 Å². The molecular weight excluding hydrogens is 1180 g/mol. The number of carbonyl (C=O) groups is 5. The Morgan fingerprint density at radius 1 is 0.477 bits per heavy atom. The minimum atomic E-state index is -3.44. The number of carboxylic acid groups (broad SMARTS) is 1. The summed E-state index contributed by atoms with van der Waals surface area (Å²) in [5, 5.41) is 215. The van der Waals surface area contributed by atoms with E-state index in [1.165, 1.54) is 0 Å². The molecule has 31 atom stereocenters. The molecule has 0 saturated carbocycles. The first-order valence-electron chi connectivity index (χ1n) is 26.9. The van der Waals surface area contributed by atoms with E-state index >= 15 is 0 Å². The molecule has 6 fully saturated rings. The van der Waals surface area contributed by atoms with E-state index in [9.17, 15) is 121 Å². The Bertz CT molecular complexity index is 2230. The summed E-state index contributed by atoms with van der Waals surface area (Å²) in [4.78, 5) is 64.1. The summed E-state index contributed by atoms with van der Waals surface area (Å²) < 4.78 is 64.3. The second kappa shape index (κ2) is 30.8. The van der Waals surface area contributed by atoms with Gasteiger partial charge >= 0.3 is 5.97 Å². The van der Waals surface area contributed by atoms with Crippen LogP contribution in [0.3, 0.4) is 0 Å². The van der Waals surface area contributed by atoms with Gasteiger partial charge in [-0.3, -0.25) is 19.2 Å². The molecule has 4 amide bonds. The number of carboxylic acids is 1. The van der Waals surface area contributed by atoms with Crippen molar-refractivity contribution in [1.82, 2.24) is 21.3 Å². The molecule has 0 spiro atoms. The first-order valence-corrected chi connectivity index (χ1v) is 26.9. The Hall–Kier alpha value is -3.81. The van der Waals surface area contributed by atoms with Crippen molar-refractivity contribution in [3.8, 4) is 0 Å². The smallest absolute Gasteiger partial charge is 0.364 e. The zero-order chi connectivity index (χ0) is 64.0. The molecule has 39 nitrogen and oxygen atoms in total. The average Bonchev–Trinajstić information content (AvgIpc) is 0.857. The van der Waals surface area contributed by atoms with Crippen LogP contribution in [-0.4, -0.2) is 362 Å². The van der Waals surface area contributed by atoms with E-state index < -0.39 is 272 Å². The van der Waals surface area contributed by atoms with Gasteiger partial charge in [-0.15, -0.1) is 0 Å². The van der Waals surface area contributed by atoms with Crippen LogP contribution in [0.1, 0.15) is 27.2 Å². The summed E-state index contributed by atoms with van der Waals surface area (Å²) in [7, 11) is 0. The van der Waals surface area contributed by atoms with Gasteiger partial charge in [0.2, 0.25) is 23.6 Å². The molecule has 6 aliphatic rings. The molecule has 0 aromatic rings. The third-order valence-electron chi connectivity index (χ3n) is 15.1. The fourth-order valence-corrected chi connectivity index (χ4v) is 10.8. The summed E-state index contributed by atoms with van der Waals surface area (Å²) in [6.45, 7) is -5.16. The van der Waals surface area contributed by atoms with Gasteiger partial charge in [0.05, 0.1) is 51.8 Å². The number of aliphatic carboxylic acids is 1. The molecule has 0 aromatic heterocycles. The molecule has 86 heavy (non-hydrogen) atoms. The fraction of sp³-hybridized carbons (Fsp3) is 0.894. The molecule has 6 heterocycles. The molecule has 0 radical (unpaired) electrons. The SMILES string of the molecule is CC(=O)N[C@@H]1[C@@H](O[C@@H]2O[C@H](CO)[C@H](O[C@@H]3O[C@H](CO)[C@H](O)[C@H](O[C@@H]4O[C@H](CO)[C@H](O[C@@H]5O[C@H](CO)[C@H](O)[C@H](O)[C@H]5NC(C)=O)[C@H](O[C@]5(C(=O)O)C[C@H](O)[C@@H](NC(=O)CO)[C@H]([C@H](O)[C@H](O)CO)O5)[C@H]4NC(C)=O)[C@H]3O)[C@H](O)[C@H]2O)[C@@H](O)[C@@H](CO)O[C@@H]1O. The normalized spacial score (nSPS) is 44.6. The molecule has 0 unspecified atom stereocenters. The molecular formula is C47H78N4O35. The van der Waals surface area contributed by atoms with Crippen LogP contribution in [0, 0.1) is 0 Å². The van der Waals surface area contributed by atoms with Crippen LogP contribution in [-0.2, 0) is 76.1 Å². The number of hydrogen-bond donors (Lipinski definition) is 23. The molecule has 23 N–H and O–H groups in total. The van der Waals surface area contributed by atoms with Crippen molar-refractivity contribution >= 4 is 29.6 Å². The van der Waals surface area contributed by atoms with E-state index in [4.69, 9.17) is 52.1 Å². The maximum atomic E-state index is 13.7. The third-order valence-corrected chi connectivity index (χ3v) is 15.1. The van der Waals surface area contributed by atoms with Gasteiger partial charge in [0.25, 0.3) is 5.79 Å². The maximum absolute atomic E-state index is 13.7. The first kappa shape index (κ1) is 71.3. The zero-order valence-electron chi connectivity index (χ0n) is 46.0. The molecule has 6 aliphatic heterocycles. The lowest BCUT2D eigenvalue weighted by Gasteiger charge is -2.53. The van der Waals surface area contributed by atoms with Crippen molar-refractivity contribution in [2.24, 2.45) is 0 Å².